The van der Waals surface area contributed by atoms with Crippen molar-refractivity contribution in [1.82, 2.24) is 5.32 Å². The minimum atomic E-state index is -3.56. The van der Waals surface area contributed by atoms with Crippen LogP contribution < -0.4 is 15.8 Å². The summed E-state index contributed by atoms with van der Waals surface area (Å²) in [4.78, 5) is 12.3. The number of anilines is 1. The summed E-state index contributed by atoms with van der Waals surface area (Å²) in [5, 5.41) is 4.77. The zero-order valence-electron chi connectivity index (χ0n) is 15.0. The molecule has 1 amide bonds. The Morgan fingerprint density at radius 3 is 2.44 bits per heavy atom. The molecule has 0 radical (unpaired) electrons. The first-order valence-electron chi connectivity index (χ1n) is 8.49. The number of nitrogens with one attached hydrogen (secondary N) is 2. The van der Waals surface area contributed by atoms with Crippen molar-refractivity contribution in [2.75, 3.05) is 11.3 Å². The van der Waals surface area contributed by atoms with Crippen LogP contribution in [0.5, 0.6) is 0 Å². The SMILES string of the molecule is CC(CN)(NC(=O)Cc1ccc(NS(=O)(=O)c2cccs2)cc1)C1CC1.Cl. The van der Waals surface area contributed by atoms with Crippen molar-refractivity contribution >= 4 is 45.4 Å². The van der Waals surface area contributed by atoms with Crippen LogP contribution in [0, 0.1) is 5.92 Å². The molecule has 1 fully saturated rings. The van der Waals surface area contributed by atoms with Crippen LogP contribution in [0.2, 0.25) is 0 Å². The summed E-state index contributed by atoms with van der Waals surface area (Å²) in [6, 6.07) is 10.1. The van der Waals surface area contributed by atoms with Crippen LogP contribution in [0.4, 0.5) is 5.69 Å². The van der Waals surface area contributed by atoms with Gasteiger partial charge in [-0.2, -0.15) is 0 Å². The minimum Gasteiger partial charge on any atom is -0.349 e. The fourth-order valence-electron chi connectivity index (χ4n) is 2.90. The van der Waals surface area contributed by atoms with Crippen molar-refractivity contribution in [1.29, 1.82) is 0 Å². The summed E-state index contributed by atoms with van der Waals surface area (Å²) >= 11 is 1.16. The van der Waals surface area contributed by atoms with Gasteiger partial charge in [-0.3, -0.25) is 9.52 Å². The van der Waals surface area contributed by atoms with E-state index in [2.05, 4.69) is 10.0 Å². The molecule has 1 unspecified atom stereocenters. The summed E-state index contributed by atoms with van der Waals surface area (Å²) in [6.07, 6.45) is 2.44. The fraction of sp³-hybridized carbons (Fsp3) is 0.389. The molecule has 4 N–H and O–H groups in total. The Balaban J connectivity index is 0.00000261. The van der Waals surface area contributed by atoms with Gasteiger partial charge in [0, 0.05) is 12.2 Å². The third kappa shape index (κ3) is 5.44. The zero-order valence-corrected chi connectivity index (χ0v) is 17.4. The van der Waals surface area contributed by atoms with Gasteiger partial charge >= 0.3 is 0 Å². The number of sulfonamides is 1. The summed E-state index contributed by atoms with van der Waals surface area (Å²) in [5.41, 5.74) is 6.77. The van der Waals surface area contributed by atoms with Crippen molar-refractivity contribution in [2.24, 2.45) is 11.7 Å². The second kappa shape index (κ2) is 8.60. The molecule has 3 rings (SSSR count). The number of amides is 1. The molecular weight excluding hydrogens is 406 g/mol. The first kappa shape index (κ1) is 21.7. The van der Waals surface area contributed by atoms with Gasteiger partial charge in [-0.1, -0.05) is 18.2 Å². The Morgan fingerprint density at radius 1 is 1.26 bits per heavy atom. The molecule has 1 aromatic heterocycles. The summed E-state index contributed by atoms with van der Waals surface area (Å²) in [6.45, 7) is 2.41. The van der Waals surface area contributed by atoms with E-state index < -0.39 is 10.0 Å². The van der Waals surface area contributed by atoms with Gasteiger partial charge in [0.05, 0.1) is 12.0 Å². The number of carbonyl (C=O) groups is 1. The molecule has 0 spiro atoms. The number of nitrogens with two attached hydrogens (primary N) is 1. The lowest BCUT2D eigenvalue weighted by atomic mass is 9.95. The Labute approximate surface area is 170 Å². The lowest BCUT2D eigenvalue weighted by Crippen LogP contribution is -2.53. The standard InChI is InChI=1S/C18H23N3O3S2.ClH/c1-18(12-19,14-6-7-14)20-16(22)11-13-4-8-15(9-5-13)21-26(23,24)17-3-2-10-25-17;/h2-5,8-10,14,21H,6-7,11-12,19H2,1H3,(H,20,22);1H. The van der Waals surface area contributed by atoms with Crippen LogP contribution in [-0.4, -0.2) is 26.4 Å². The number of carbonyl (C=O) groups excluding carboxylic acids is 1. The molecule has 148 valence electrons. The van der Waals surface area contributed by atoms with Crippen molar-refractivity contribution in [3.63, 3.8) is 0 Å². The van der Waals surface area contributed by atoms with Gasteiger partial charge in [-0.25, -0.2) is 8.42 Å². The molecule has 1 aromatic carbocycles. The van der Waals surface area contributed by atoms with Gasteiger partial charge in [0.2, 0.25) is 5.91 Å². The lowest BCUT2D eigenvalue weighted by Gasteiger charge is -2.29. The van der Waals surface area contributed by atoms with E-state index in [4.69, 9.17) is 5.73 Å². The predicted molar refractivity (Wildman–Crippen MR) is 111 cm³/mol. The number of halogens is 1. The molecule has 6 nitrogen and oxygen atoms in total. The first-order chi connectivity index (χ1) is 12.3. The highest BCUT2D eigenvalue weighted by molar-refractivity contribution is 7.94. The topological polar surface area (TPSA) is 101 Å². The second-order valence-electron chi connectivity index (χ2n) is 6.86. The Hall–Kier alpha value is -1.61. The van der Waals surface area contributed by atoms with Crippen LogP contribution >= 0.6 is 23.7 Å². The van der Waals surface area contributed by atoms with Crippen molar-refractivity contribution in [3.05, 3.63) is 47.3 Å². The fourth-order valence-corrected chi connectivity index (χ4v) is 4.95. The maximum Gasteiger partial charge on any atom is 0.271 e. The van der Waals surface area contributed by atoms with E-state index in [1.54, 1.807) is 41.8 Å². The maximum absolute atomic E-state index is 12.3. The first-order valence-corrected chi connectivity index (χ1v) is 10.8. The highest BCUT2D eigenvalue weighted by Gasteiger charge is 2.41. The molecule has 1 saturated carbocycles. The molecule has 0 aliphatic heterocycles. The summed E-state index contributed by atoms with van der Waals surface area (Å²) in [5.74, 6) is 0.391. The third-order valence-corrected chi connectivity index (χ3v) is 7.44. The van der Waals surface area contributed by atoms with Crippen LogP contribution in [0.15, 0.2) is 46.0 Å². The molecule has 1 aliphatic rings. The number of benzene rings is 1. The van der Waals surface area contributed by atoms with Crippen molar-refractivity contribution in [3.8, 4) is 0 Å². The third-order valence-electron chi connectivity index (χ3n) is 4.66. The zero-order chi connectivity index (χ0) is 18.8. The van der Waals surface area contributed by atoms with E-state index >= 15 is 0 Å². The Kier molecular flexibility index (Phi) is 6.91. The average molecular weight is 430 g/mol. The summed E-state index contributed by atoms with van der Waals surface area (Å²) in [7, 11) is -3.56. The highest BCUT2D eigenvalue weighted by Crippen LogP contribution is 2.39. The molecule has 1 heterocycles. The molecular formula is C18H24ClN3O3S2. The molecule has 1 aliphatic carbocycles. The van der Waals surface area contributed by atoms with Gasteiger partial charge in [0.25, 0.3) is 10.0 Å². The van der Waals surface area contributed by atoms with Crippen LogP contribution in [0.1, 0.15) is 25.3 Å². The van der Waals surface area contributed by atoms with E-state index in [9.17, 15) is 13.2 Å². The smallest absolute Gasteiger partial charge is 0.271 e. The summed E-state index contributed by atoms with van der Waals surface area (Å²) < 4.78 is 27.2. The molecule has 0 bridgehead atoms. The maximum atomic E-state index is 12.3. The number of rotatable bonds is 8. The van der Waals surface area contributed by atoms with Gasteiger partial charge in [0.1, 0.15) is 4.21 Å². The molecule has 27 heavy (non-hydrogen) atoms. The molecule has 1 atom stereocenters. The number of hydrogen-bond acceptors (Lipinski definition) is 5. The van der Waals surface area contributed by atoms with Crippen molar-refractivity contribution in [2.45, 2.75) is 35.9 Å². The average Bonchev–Trinajstić information content (AvgIpc) is 3.31. The molecule has 0 saturated heterocycles. The van der Waals surface area contributed by atoms with Crippen LogP contribution in [-0.2, 0) is 21.2 Å². The second-order valence-corrected chi connectivity index (χ2v) is 9.71. The quantitative estimate of drug-likeness (QED) is 0.600. The van der Waals surface area contributed by atoms with E-state index in [1.165, 1.54) is 0 Å². The molecule has 2 aromatic rings. The Bertz CT molecular complexity index is 866. The lowest BCUT2D eigenvalue weighted by molar-refractivity contribution is -0.122. The largest absolute Gasteiger partial charge is 0.349 e. The van der Waals surface area contributed by atoms with Gasteiger partial charge in [-0.15, -0.1) is 23.7 Å². The number of hydrogen-bond donors (Lipinski definition) is 3. The van der Waals surface area contributed by atoms with E-state index in [-0.39, 0.29) is 34.5 Å². The number of thiophene rings is 1. The van der Waals surface area contributed by atoms with Crippen LogP contribution in [0.25, 0.3) is 0 Å². The van der Waals surface area contributed by atoms with E-state index in [1.807, 2.05) is 6.92 Å². The monoisotopic (exact) mass is 429 g/mol. The highest BCUT2D eigenvalue weighted by atomic mass is 35.5. The van der Waals surface area contributed by atoms with Gasteiger partial charge in [0.15, 0.2) is 0 Å². The van der Waals surface area contributed by atoms with E-state index in [0.29, 0.717) is 18.2 Å². The Morgan fingerprint density at radius 2 is 1.93 bits per heavy atom. The van der Waals surface area contributed by atoms with Crippen LogP contribution in [0.3, 0.4) is 0 Å². The van der Waals surface area contributed by atoms with Gasteiger partial charge in [-0.05, 0) is 54.8 Å². The molecule has 9 heteroatoms. The van der Waals surface area contributed by atoms with Crippen molar-refractivity contribution < 1.29 is 13.2 Å². The van der Waals surface area contributed by atoms with Gasteiger partial charge < -0.3 is 11.1 Å². The normalized spacial score (nSPS) is 16.1. The predicted octanol–water partition coefficient (Wildman–Crippen LogP) is 2.76. The minimum absolute atomic E-state index is 0. The van der Waals surface area contributed by atoms with E-state index in [0.717, 1.165) is 29.7 Å².